The number of rotatable bonds is 6. The molecule has 164 valence electrons. The Bertz CT molecular complexity index is 1410. The summed E-state index contributed by atoms with van der Waals surface area (Å²) in [6.07, 6.45) is 0. The molecule has 0 spiro atoms. The van der Waals surface area contributed by atoms with Crippen molar-refractivity contribution >= 4 is 83.7 Å². The monoisotopic (exact) mass is 546 g/mol. The van der Waals surface area contributed by atoms with Crippen LogP contribution in [0.25, 0.3) is 10.6 Å². The molecule has 0 radical (unpaired) electrons. The van der Waals surface area contributed by atoms with Crippen molar-refractivity contribution in [2.45, 2.75) is 4.34 Å². The van der Waals surface area contributed by atoms with Crippen molar-refractivity contribution in [3.63, 3.8) is 0 Å². The molecule has 2 heterocycles. The van der Waals surface area contributed by atoms with E-state index in [1.54, 1.807) is 24.3 Å². The molecule has 0 bridgehead atoms. The molecule has 15 heteroatoms. The highest BCUT2D eigenvalue weighted by Crippen LogP contribution is 2.30. The Kier molecular flexibility index (Phi) is 6.60. The van der Waals surface area contributed by atoms with Gasteiger partial charge in [0.1, 0.15) is 5.01 Å². The van der Waals surface area contributed by atoms with Gasteiger partial charge in [-0.3, -0.25) is 14.8 Å². The third-order valence-electron chi connectivity index (χ3n) is 3.77. The third kappa shape index (κ3) is 5.17. The zero-order chi connectivity index (χ0) is 22.9. The summed E-state index contributed by atoms with van der Waals surface area (Å²) in [6, 6.07) is 11.2. The third-order valence-corrected chi connectivity index (χ3v) is 8.13. The van der Waals surface area contributed by atoms with Gasteiger partial charge in [-0.2, -0.15) is 8.42 Å². The second-order valence-electron chi connectivity index (χ2n) is 5.98. The average Bonchev–Trinajstić information content (AvgIpc) is 3.38. The van der Waals surface area contributed by atoms with Gasteiger partial charge in [0.05, 0.1) is 10.6 Å². The molecule has 1 amide bonds. The predicted molar refractivity (Wildman–Crippen MR) is 125 cm³/mol. The van der Waals surface area contributed by atoms with Crippen molar-refractivity contribution < 1.29 is 13.2 Å². The fourth-order valence-corrected chi connectivity index (χ4v) is 5.84. The molecule has 2 aromatic heterocycles. The van der Waals surface area contributed by atoms with E-state index in [4.69, 9.17) is 34.8 Å². The number of nitrogens with zero attached hydrogens (tertiary/aromatic N) is 4. The molecule has 0 fully saturated rings. The Morgan fingerprint density at radius 3 is 2.25 bits per heavy atom. The van der Waals surface area contributed by atoms with Crippen molar-refractivity contribution in [2.75, 3.05) is 10.0 Å². The maximum atomic E-state index is 12.6. The Morgan fingerprint density at radius 2 is 1.53 bits per heavy atom. The molecule has 0 atom stereocenters. The van der Waals surface area contributed by atoms with E-state index < -0.39 is 15.9 Å². The molecule has 2 aromatic carbocycles. The highest BCUT2D eigenvalue weighted by atomic mass is 35.5. The van der Waals surface area contributed by atoms with E-state index in [1.165, 1.54) is 18.2 Å². The number of halogens is 3. The van der Waals surface area contributed by atoms with Crippen molar-refractivity contribution in [3.8, 4) is 10.6 Å². The molecular weight excluding hydrogens is 539 g/mol. The Labute approximate surface area is 204 Å². The number of anilines is 2. The van der Waals surface area contributed by atoms with Crippen molar-refractivity contribution in [1.29, 1.82) is 0 Å². The Morgan fingerprint density at radius 1 is 0.844 bits per heavy atom. The van der Waals surface area contributed by atoms with Gasteiger partial charge in [-0.15, -0.1) is 20.4 Å². The number of carbonyl (C=O) groups excluding carboxylic acids is 1. The summed E-state index contributed by atoms with van der Waals surface area (Å²) in [4.78, 5) is 12.4. The van der Waals surface area contributed by atoms with Crippen molar-refractivity contribution in [3.05, 3.63) is 63.1 Å². The fraction of sp³-hybridized carbons (Fsp3) is 0. The molecule has 2 N–H and O–H groups in total. The number of hydrogen-bond acceptors (Lipinski definition) is 9. The van der Waals surface area contributed by atoms with Crippen LogP contribution in [-0.4, -0.2) is 34.7 Å². The second-order valence-corrected chi connectivity index (χ2v) is 11.1. The molecule has 4 aromatic rings. The fourth-order valence-electron chi connectivity index (χ4n) is 2.34. The van der Waals surface area contributed by atoms with Crippen LogP contribution in [0.2, 0.25) is 15.1 Å². The number of sulfonamides is 1. The minimum absolute atomic E-state index is 0.0273. The Hall–Kier alpha value is -2.35. The number of carbonyl (C=O) groups is 1. The zero-order valence-electron chi connectivity index (χ0n) is 15.4. The van der Waals surface area contributed by atoms with Crippen LogP contribution in [-0.2, 0) is 10.0 Å². The summed E-state index contributed by atoms with van der Waals surface area (Å²) >= 11 is 19.4. The van der Waals surface area contributed by atoms with Gasteiger partial charge in [0, 0.05) is 15.6 Å². The number of amides is 1. The van der Waals surface area contributed by atoms with Gasteiger partial charge < -0.3 is 0 Å². The first-order valence-corrected chi connectivity index (χ1v) is 12.7. The lowest BCUT2D eigenvalue weighted by molar-refractivity contribution is 0.102. The van der Waals surface area contributed by atoms with Crippen LogP contribution in [0.15, 0.2) is 46.8 Å². The lowest BCUT2D eigenvalue weighted by Crippen LogP contribution is -2.12. The van der Waals surface area contributed by atoms with Crippen LogP contribution in [0.3, 0.4) is 0 Å². The molecule has 0 saturated carbocycles. The largest absolute Gasteiger partial charge is 0.296 e. The smallest absolute Gasteiger partial charge is 0.293 e. The summed E-state index contributed by atoms with van der Waals surface area (Å²) < 4.78 is 27.2. The van der Waals surface area contributed by atoms with E-state index in [0.29, 0.717) is 26.4 Å². The number of aromatic nitrogens is 4. The van der Waals surface area contributed by atoms with Gasteiger partial charge in [-0.25, -0.2) is 0 Å². The summed E-state index contributed by atoms with van der Waals surface area (Å²) in [7, 11) is -4.10. The topological polar surface area (TPSA) is 127 Å². The molecule has 32 heavy (non-hydrogen) atoms. The SMILES string of the molecule is O=C(Nc1nnc(S(=O)(=O)Nc2nnc(-c3ccc(Cl)cc3)s2)s1)c1ccc(Cl)cc1Cl. The van der Waals surface area contributed by atoms with Gasteiger partial charge in [0.15, 0.2) is 0 Å². The highest BCUT2D eigenvalue weighted by molar-refractivity contribution is 7.94. The summed E-state index contributed by atoms with van der Waals surface area (Å²) in [5.74, 6) is -0.587. The van der Waals surface area contributed by atoms with Crippen LogP contribution in [0.4, 0.5) is 10.3 Å². The highest BCUT2D eigenvalue weighted by Gasteiger charge is 2.23. The summed E-state index contributed by atoms with van der Waals surface area (Å²) in [6.45, 7) is 0. The van der Waals surface area contributed by atoms with E-state index in [-0.39, 0.29) is 25.2 Å². The molecule has 0 saturated heterocycles. The first-order chi connectivity index (χ1) is 15.2. The van der Waals surface area contributed by atoms with Crippen LogP contribution >= 0.6 is 57.5 Å². The molecular formula is C17H9Cl3N6O3S3. The predicted octanol–water partition coefficient (Wildman–Crippen LogP) is 5.07. The van der Waals surface area contributed by atoms with E-state index >= 15 is 0 Å². The maximum absolute atomic E-state index is 12.6. The average molecular weight is 548 g/mol. The first-order valence-electron chi connectivity index (χ1n) is 8.43. The molecule has 0 aliphatic carbocycles. The van der Waals surface area contributed by atoms with Crippen LogP contribution in [0.1, 0.15) is 10.4 Å². The minimum atomic E-state index is -4.10. The first kappa shape index (κ1) is 22.8. The van der Waals surface area contributed by atoms with E-state index in [9.17, 15) is 13.2 Å². The molecule has 0 aliphatic heterocycles. The lowest BCUT2D eigenvalue weighted by Gasteiger charge is -2.03. The van der Waals surface area contributed by atoms with Gasteiger partial charge in [0.2, 0.25) is 10.3 Å². The molecule has 4 rings (SSSR count). The van der Waals surface area contributed by atoms with Crippen molar-refractivity contribution in [2.24, 2.45) is 0 Å². The van der Waals surface area contributed by atoms with E-state index in [2.05, 4.69) is 30.4 Å². The quantitative estimate of drug-likeness (QED) is 0.323. The maximum Gasteiger partial charge on any atom is 0.293 e. The lowest BCUT2D eigenvalue weighted by atomic mass is 10.2. The van der Waals surface area contributed by atoms with Gasteiger partial charge in [-0.1, -0.05) is 69.6 Å². The Balaban J connectivity index is 1.47. The van der Waals surface area contributed by atoms with Crippen LogP contribution < -0.4 is 10.0 Å². The van der Waals surface area contributed by atoms with Crippen molar-refractivity contribution in [1.82, 2.24) is 20.4 Å². The zero-order valence-corrected chi connectivity index (χ0v) is 20.1. The number of hydrogen-bond donors (Lipinski definition) is 2. The second kappa shape index (κ2) is 9.25. The summed E-state index contributed by atoms with van der Waals surface area (Å²) in [5, 5.41) is 19.2. The van der Waals surface area contributed by atoms with Gasteiger partial charge >= 0.3 is 0 Å². The minimum Gasteiger partial charge on any atom is -0.296 e. The normalized spacial score (nSPS) is 11.3. The van der Waals surface area contributed by atoms with Gasteiger partial charge in [-0.05, 0) is 30.3 Å². The van der Waals surface area contributed by atoms with E-state index in [0.717, 1.165) is 16.9 Å². The van der Waals surface area contributed by atoms with Gasteiger partial charge in [0.25, 0.3) is 20.3 Å². The molecule has 0 unspecified atom stereocenters. The van der Waals surface area contributed by atoms with Crippen LogP contribution in [0, 0.1) is 0 Å². The molecule has 9 nitrogen and oxygen atoms in total. The standard InChI is InChI=1S/C17H9Cl3N6O3S3/c18-9-3-1-8(2-4-9)14-22-24-16(30-14)26-32(28,29)17-25-23-15(31-17)21-13(27)11-6-5-10(19)7-12(11)20/h1-7H,(H,24,26)(H,21,23,27). The van der Waals surface area contributed by atoms with E-state index in [1.807, 2.05) is 0 Å². The number of nitrogens with one attached hydrogen (secondary N) is 2. The molecule has 0 aliphatic rings. The van der Waals surface area contributed by atoms with Crippen LogP contribution in [0.5, 0.6) is 0 Å². The number of benzene rings is 2. The summed E-state index contributed by atoms with van der Waals surface area (Å²) in [5.41, 5.74) is 0.886.